The second-order valence-corrected chi connectivity index (χ2v) is 4.34. The van der Waals surface area contributed by atoms with Crippen LogP contribution in [0.5, 0.6) is 0 Å². The molecule has 1 fully saturated rings. The molecule has 0 aliphatic carbocycles. The van der Waals surface area contributed by atoms with Gasteiger partial charge in [-0.2, -0.15) is 0 Å². The van der Waals surface area contributed by atoms with Crippen LogP contribution in [0.4, 0.5) is 0 Å². The molecular formula is C13H20N2O. The highest BCUT2D eigenvalue weighted by molar-refractivity contribution is 5.07. The van der Waals surface area contributed by atoms with Crippen molar-refractivity contribution in [2.75, 3.05) is 13.2 Å². The van der Waals surface area contributed by atoms with Crippen LogP contribution in [0.3, 0.4) is 0 Å². The first-order valence-corrected chi connectivity index (χ1v) is 6.15. The number of pyridine rings is 1. The van der Waals surface area contributed by atoms with Gasteiger partial charge in [0.1, 0.15) is 0 Å². The van der Waals surface area contributed by atoms with Crippen molar-refractivity contribution < 1.29 is 4.74 Å². The van der Waals surface area contributed by atoms with Gasteiger partial charge in [0.25, 0.3) is 0 Å². The molecule has 0 aromatic carbocycles. The molecule has 2 heterocycles. The lowest BCUT2D eigenvalue weighted by molar-refractivity contribution is 0.108. The van der Waals surface area contributed by atoms with Gasteiger partial charge in [0, 0.05) is 25.0 Å². The minimum atomic E-state index is 0.672. The molecule has 0 radical (unpaired) electrons. The lowest BCUT2D eigenvalue weighted by Crippen LogP contribution is -2.34. The van der Waals surface area contributed by atoms with Crippen molar-refractivity contribution in [2.45, 2.75) is 38.3 Å². The molecule has 1 N–H and O–H groups in total. The number of rotatable bonds is 5. The van der Waals surface area contributed by atoms with Crippen molar-refractivity contribution in [1.29, 1.82) is 0 Å². The van der Waals surface area contributed by atoms with Crippen molar-refractivity contribution in [2.24, 2.45) is 0 Å². The van der Waals surface area contributed by atoms with Gasteiger partial charge < -0.3 is 10.1 Å². The minimum absolute atomic E-state index is 0.672. The van der Waals surface area contributed by atoms with Crippen molar-refractivity contribution in [3.63, 3.8) is 0 Å². The molecule has 3 heteroatoms. The minimum Gasteiger partial charge on any atom is -0.377 e. The second-order valence-electron chi connectivity index (χ2n) is 4.34. The SMILES string of the molecule is c1cc(COCC[C@@H]2CCCCN2)ccn1. The first kappa shape index (κ1) is 11.6. The Morgan fingerprint density at radius 1 is 1.31 bits per heavy atom. The summed E-state index contributed by atoms with van der Waals surface area (Å²) in [4.78, 5) is 3.98. The van der Waals surface area contributed by atoms with Crippen LogP contribution in [-0.2, 0) is 11.3 Å². The van der Waals surface area contributed by atoms with Crippen LogP contribution in [0.15, 0.2) is 24.5 Å². The van der Waals surface area contributed by atoms with E-state index < -0.39 is 0 Å². The van der Waals surface area contributed by atoms with E-state index in [9.17, 15) is 0 Å². The number of hydrogen-bond acceptors (Lipinski definition) is 3. The molecule has 1 atom stereocenters. The number of ether oxygens (including phenoxy) is 1. The van der Waals surface area contributed by atoms with Crippen LogP contribution in [0.1, 0.15) is 31.2 Å². The number of hydrogen-bond donors (Lipinski definition) is 1. The zero-order chi connectivity index (χ0) is 11.1. The second kappa shape index (κ2) is 6.61. The Hall–Kier alpha value is -0.930. The highest BCUT2D eigenvalue weighted by Gasteiger charge is 2.11. The molecule has 1 aromatic rings. The molecule has 3 nitrogen and oxygen atoms in total. The van der Waals surface area contributed by atoms with Gasteiger partial charge in [-0.25, -0.2) is 0 Å². The van der Waals surface area contributed by atoms with Gasteiger partial charge in [-0.15, -0.1) is 0 Å². The molecule has 1 aliphatic heterocycles. The van der Waals surface area contributed by atoms with Crippen LogP contribution in [0.2, 0.25) is 0 Å². The molecular weight excluding hydrogens is 200 g/mol. The van der Waals surface area contributed by atoms with E-state index >= 15 is 0 Å². The largest absolute Gasteiger partial charge is 0.377 e. The lowest BCUT2D eigenvalue weighted by atomic mass is 10.0. The van der Waals surface area contributed by atoms with Gasteiger partial charge in [0.05, 0.1) is 6.61 Å². The standard InChI is InChI=1S/C13H20N2O/c1-2-7-15-13(3-1)6-10-16-11-12-4-8-14-9-5-12/h4-5,8-9,13,15H,1-3,6-7,10-11H2/t13-/m0/s1. The third kappa shape index (κ3) is 3.91. The molecule has 0 unspecified atom stereocenters. The topological polar surface area (TPSA) is 34.1 Å². The summed E-state index contributed by atoms with van der Waals surface area (Å²) in [7, 11) is 0. The van der Waals surface area contributed by atoms with Gasteiger partial charge in [-0.05, 0) is 43.5 Å². The van der Waals surface area contributed by atoms with E-state index in [1.54, 1.807) is 12.4 Å². The van der Waals surface area contributed by atoms with Crippen molar-refractivity contribution in [1.82, 2.24) is 10.3 Å². The fourth-order valence-electron chi connectivity index (χ4n) is 2.07. The molecule has 0 amide bonds. The maximum atomic E-state index is 5.65. The maximum absolute atomic E-state index is 5.65. The lowest BCUT2D eigenvalue weighted by Gasteiger charge is -2.23. The normalized spacial score (nSPS) is 20.9. The number of nitrogens with zero attached hydrogens (tertiary/aromatic N) is 1. The van der Waals surface area contributed by atoms with Gasteiger partial charge in [0.2, 0.25) is 0 Å². The van der Waals surface area contributed by atoms with Gasteiger partial charge in [0.15, 0.2) is 0 Å². The molecule has 1 aliphatic rings. The van der Waals surface area contributed by atoms with E-state index in [0.717, 1.165) is 13.0 Å². The van der Waals surface area contributed by atoms with Crippen LogP contribution in [0.25, 0.3) is 0 Å². The van der Waals surface area contributed by atoms with Gasteiger partial charge >= 0.3 is 0 Å². The van der Waals surface area contributed by atoms with Crippen LogP contribution in [-0.4, -0.2) is 24.2 Å². The zero-order valence-corrected chi connectivity index (χ0v) is 9.69. The third-order valence-corrected chi connectivity index (χ3v) is 3.04. The molecule has 88 valence electrons. The quantitative estimate of drug-likeness (QED) is 0.772. The highest BCUT2D eigenvalue weighted by atomic mass is 16.5. The first-order valence-electron chi connectivity index (χ1n) is 6.15. The van der Waals surface area contributed by atoms with E-state index in [-0.39, 0.29) is 0 Å². The Morgan fingerprint density at radius 3 is 2.94 bits per heavy atom. The summed E-state index contributed by atoms with van der Waals surface area (Å²) in [5.74, 6) is 0. The highest BCUT2D eigenvalue weighted by Crippen LogP contribution is 2.10. The predicted molar refractivity (Wildman–Crippen MR) is 64.2 cm³/mol. The van der Waals surface area contributed by atoms with Crippen LogP contribution >= 0.6 is 0 Å². The summed E-state index contributed by atoms with van der Waals surface area (Å²) >= 11 is 0. The Kier molecular flexibility index (Phi) is 4.77. The summed E-state index contributed by atoms with van der Waals surface area (Å²) < 4.78 is 5.65. The van der Waals surface area contributed by atoms with E-state index in [1.807, 2.05) is 12.1 Å². The summed E-state index contributed by atoms with van der Waals surface area (Å²) in [6.45, 7) is 2.73. The van der Waals surface area contributed by atoms with E-state index in [0.29, 0.717) is 12.6 Å². The van der Waals surface area contributed by atoms with E-state index in [1.165, 1.54) is 31.4 Å². The average molecular weight is 220 g/mol. The predicted octanol–water partition coefficient (Wildman–Crippen LogP) is 2.13. The van der Waals surface area contributed by atoms with E-state index in [2.05, 4.69) is 10.3 Å². The van der Waals surface area contributed by atoms with Crippen molar-refractivity contribution in [3.05, 3.63) is 30.1 Å². The average Bonchev–Trinajstić information content (AvgIpc) is 2.37. The first-order chi connectivity index (χ1) is 7.95. The molecule has 16 heavy (non-hydrogen) atoms. The van der Waals surface area contributed by atoms with Gasteiger partial charge in [-0.3, -0.25) is 4.98 Å². The number of nitrogens with one attached hydrogen (secondary N) is 1. The molecule has 0 saturated carbocycles. The van der Waals surface area contributed by atoms with Crippen LogP contribution in [0, 0.1) is 0 Å². The Morgan fingerprint density at radius 2 is 2.19 bits per heavy atom. The molecule has 1 aromatic heterocycles. The summed E-state index contributed by atoms with van der Waals surface area (Å²) in [5.41, 5.74) is 1.20. The third-order valence-electron chi connectivity index (χ3n) is 3.04. The Bertz CT molecular complexity index is 283. The number of piperidine rings is 1. The smallest absolute Gasteiger partial charge is 0.0717 e. The van der Waals surface area contributed by atoms with Crippen molar-refractivity contribution in [3.8, 4) is 0 Å². The fraction of sp³-hybridized carbons (Fsp3) is 0.615. The molecule has 2 rings (SSSR count). The maximum Gasteiger partial charge on any atom is 0.0717 e. The summed E-state index contributed by atoms with van der Waals surface area (Å²) in [6.07, 6.45) is 8.74. The Balaban J connectivity index is 1.58. The van der Waals surface area contributed by atoms with Gasteiger partial charge in [-0.1, -0.05) is 6.42 Å². The van der Waals surface area contributed by atoms with E-state index in [4.69, 9.17) is 4.74 Å². The summed E-state index contributed by atoms with van der Waals surface area (Å²) in [5, 5.41) is 3.53. The zero-order valence-electron chi connectivity index (χ0n) is 9.69. The molecule has 1 saturated heterocycles. The van der Waals surface area contributed by atoms with Crippen LogP contribution < -0.4 is 5.32 Å². The number of aromatic nitrogens is 1. The molecule has 0 spiro atoms. The molecule has 0 bridgehead atoms. The summed E-state index contributed by atoms with van der Waals surface area (Å²) in [6, 6.07) is 4.67. The van der Waals surface area contributed by atoms with Crippen molar-refractivity contribution >= 4 is 0 Å². The Labute approximate surface area is 97.2 Å². The monoisotopic (exact) mass is 220 g/mol. The fourth-order valence-corrected chi connectivity index (χ4v) is 2.07.